The maximum Gasteiger partial charge on any atom is 0.241 e. The predicted molar refractivity (Wildman–Crippen MR) is 75.0 cm³/mol. The van der Waals surface area contributed by atoms with E-state index < -0.39 is 5.60 Å². The van der Waals surface area contributed by atoms with Crippen LogP contribution in [0.2, 0.25) is 0 Å². The van der Waals surface area contributed by atoms with Crippen LogP contribution in [0, 0.1) is 6.92 Å². The molecule has 3 rings (SSSR count). The molecule has 5 nitrogen and oxygen atoms in total. The number of aromatic nitrogens is 2. The quantitative estimate of drug-likeness (QED) is 0.926. The van der Waals surface area contributed by atoms with Crippen molar-refractivity contribution in [2.24, 2.45) is 0 Å². The standard InChI is InChI=1S/C15H19N3O2/c1-11-3-5-12(6-4-11)14-16-13(20-17-14)9-18-8-7-15(2,19)10-18/h3-6,19H,7-10H2,1-2H3. The molecule has 0 saturated carbocycles. The van der Waals surface area contributed by atoms with Crippen LogP contribution in [0.1, 0.15) is 24.8 Å². The van der Waals surface area contributed by atoms with E-state index in [-0.39, 0.29) is 0 Å². The van der Waals surface area contributed by atoms with Crippen LogP contribution in [0.15, 0.2) is 28.8 Å². The molecule has 5 heteroatoms. The highest BCUT2D eigenvalue weighted by molar-refractivity contribution is 5.54. The minimum atomic E-state index is -0.597. The van der Waals surface area contributed by atoms with E-state index >= 15 is 0 Å². The summed E-state index contributed by atoms with van der Waals surface area (Å²) in [7, 11) is 0. The number of benzene rings is 1. The molecular weight excluding hydrogens is 254 g/mol. The first-order chi connectivity index (χ1) is 9.52. The van der Waals surface area contributed by atoms with Gasteiger partial charge >= 0.3 is 0 Å². The minimum Gasteiger partial charge on any atom is -0.389 e. The number of hydrogen-bond acceptors (Lipinski definition) is 5. The van der Waals surface area contributed by atoms with E-state index in [1.54, 1.807) is 0 Å². The molecule has 1 aromatic carbocycles. The fourth-order valence-electron chi connectivity index (χ4n) is 2.50. The van der Waals surface area contributed by atoms with Gasteiger partial charge < -0.3 is 9.63 Å². The van der Waals surface area contributed by atoms with Gasteiger partial charge in [0.25, 0.3) is 0 Å². The Morgan fingerprint density at radius 3 is 2.75 bits per heavy atom. The van der Waals surface area contributed by atoms with Gasteiger partial charge in [-0.05, 0) is 20.3 Å². The maximum absolute atomic E-state index is 9.94. The highest BCUT2D eigenvalue weighted by Gasteiger charge is 2.31. The smallest absolute Gasteiger partial charge is 0.241 e. The van der Waals surface area contributed by atoms with E-state index in [9.17, 15) is 5.11 Å². The largest absolute Gasteiger partial charge is 0.389 e. The van der Waals surface area contributed by atoms with Crippen molar-refractivity contribution in [1.29, 1.82) is 0 Å². The van der Waals surface area contributed by atoms with Crippen LogP contribution in [0.5, 0.6) is 0 Å². The van der Waals surface area contributed by atoms with E-state index in [1.165, 1.54) is 5.56 Å². The second kappa shape index (κ2) is 5.00. The van der Waals surface area contributed by atoms with Crippen LogP contribution in [0.3, 0.4) is 0 Å². The Morgan fingerprint density at radius 2 is 2.10 bits per heavy atom. The molecule has 0 aliphatic carbocycles. The van der Waals surface area contributed by atoms with Gasteiger partial charge in [0.05, 0.1) is 12.1 Å². The molecule has 1 atom stereocenters. The Kier molecular flexibility index (Phi) is 3.31. The normalized spacial score (nSPS) is 23.4. The van der Waals surface area contributed by atoms with Gasteiger partial charge in [0.2, 0.25) is 11.7 Å². The molecule has 1 aliphatic rings. The summed E-state index contributed by atoms with van der Waals surface area (Å²) in [5.41, 5.74) is 1.57. The van der Waals surface area contributed by atoms with Crippen molar-refractivity contribution < 1.29 is 9.63 Å². The summed E-state index contributed by atoms with van der Waals surface area (Å²) >= 11 is 0. The lowest BCUT2D eigenvalue weighted by Gasteiger charge is -2.16. The summed E-state index contributed by atoms with van der Waals surface area (Å²) in [5.74, 6) is 1.21. The van der Waals surface area contributed by atoms with E-state index in [4.69, 9.17) is 4.52 Å². The number of hydrogen-bond donors (Lipinski definition) is 1. The van der Waals surface area contributed by atoms with Gasteiger partial charge in [-0.2, -0.15) is 4.98 Å². The van der Waals surface area contributed by atoms with Crippen LogP contribution in [-0.4, -0.2) is 38.8 Å². The third kappa shape index (κ3) is 2.89. The van der Waals surface area contributed by atoms with E-state index in [1.807, 2.05) is 38.1 Å². The molecule has 2 aromatic rings. The number of likely N-dealkylation sites (tertiary alicyclic amines) is 1. The molecule has 106 valence electrons. The molecule has 1 fully saturated rings. The molecule has 0 amide bonds. The maximum atomic E-state index is 9.94. The van der Waals surface area contributed by atoms with Crippen LogP contribution >= 0.6 is 0 Å². The number of β-amino-alcohol motifs (C(OH)–C–C–N with tert-alkyl or cyclic N) is 1. The first-order valence-electron chi connectivity index (χ1n) is 6.86. The molecule has 20 heavy (non-hydrogen) atoms. The molecule has 1 aliphatic heterocycles. The van der Waals surface area contributed by atoms with E-state index in [2.05, 4.69) is 15.0 Å². The summed E-state index contributed by atoms with van der Waals surface area (Å²) in [6.07, 6.45) is 0.784. The lowest BCUT2D eigenvalue weighted by Crippen LogP contribution is -2.29. The van der Waals surface area contributed by atoms with Crippen LogP contribution in [0.4, 0.5) is 0 Å². The summed E-state index contributed by atoms with van der Waals surface area (Å²) in [4.78, 5) is 6.55. The Balaban J connectivity index is 1.70. The molecule has 1 saturated heterocycles. The van der Waals surface area contributed by atoms with Crippen LogP contribution in [-0.2, 0) is 6.54 Å². The first kappa shape index (κ1) is 13.3. The SMILES string of the molecule is Cc1ccc(-c2noc(CN3CCC(C)(O)C3)n2)cc1. The van der Waals surface area contributed by atoms with Gasteiger partial charge in [-0.1, -0.05) is 35.0 Å². The van der Waals surface area contributed by atoms with Crippen molar-refractivity contribution >= 4 is 0 Å². The molecule has 2 heterocycles. The number of aliphatic hydroxyl groups is 1. The molecule has 1 aromatic heterocycles. The third-order valence-electron chi connectivity index (χ3n) is 3.67. The van der Waals surface area contributed by atoms with Gasteiger partial charge in [-0.15, -0.1) is 0 Å². The fourth-order valence-corrected chi connectivity index (χ4v) is 2.50. The summed E-state index contributed by atoms with van der Waals surface area (Å²) in [6.45, 7) is 6.00. The van der Waals surface area contributed by atoms with E-state index in [0.29, 0.717) is 24.8 Å². The zero-order valence-electron chi connectivity index (χ0n) is 11.8. The lowest BCUT2D eigenvalue weighted by atomic mass is 10.1. The van der Waals surface area contributed by atoms with Crippen LogP contribution in [0.25, 0.3) is 11.4 Å². The van der Waals surface area contributed by atoms with Gasteiger partial charge in [0, 0.05) is 18.7 Å². The van der Waals surface area contributed by atoms with Crippen molar-refractivity contribution in [2.75, 3.05) is 13.1 Å². The van der Waals surface area contributed by atoms with Crippen molar-refractivity contribution in [1.82, 2.24) is 15.0 Å². The molecule has 1 N–H and O–H groups in total. The molecule has 1 unspecified atom stereocenters. The third-order valence-corrected chi connectivity index (χ3v) is 3.67. The number of aryl methyl sites for hydroxylation is 1. The Morgan fingerprint density at radius 1 is 1.35 bits per heavy atom. The van der Waals surface area contributed by atoms with Crippen LogP contribution < -0.4 is 0 Å². The van der Waals surface area contributed by atoms with Crippen molar-refractivity contribution in [3.8, 4) is 11.4 Å². The predicted octanol–water partition coefficient (Wildman–Crippen LogP) is 2.00. The molecular formula is C15H19N3O2. The Hall–Kier alpha value is -1.72. The van der Waals surface area contributed by atoms with Gasteiger partial charge in [-0.3, -0.25) is 4.90 Å². The first-order valence-corrected chi connectivity index (χ1v) is 6.86. The average molecular weight is 273 g/mol. The highest BCUT2D eigenvalue weighted by Crippen LogP contribution is 2.22. The van der Waals surface area contributed by atoms with Crippen molar-refractivity contribution in [3.63, 3.8) is 0 Å². The van der Waals surface area contributed by atoms with E-state index in [0.717, 1.165) is 18.5 Å². The van der Waals surface area contributed by atoms with Crippen molar-refractivity contribution in [3.05, 3.63) is 35.7 Å². The number of rotatable bonds is 3. The minimum absolute atomic E-state index is 0.592. The lowest BCUT2D eigenvalue weighted by molar-refractivity contribution is 0.0665. The average Bonchev–Trinajstić information content (AvgIpc) is 2.98. The molecule has 0 spiro atoms. The summed E-state index contributed by atoms with van der Waals surface area (Å²) in [6, 6.07) is 8.04. The molecule has 0 bridgehead atoms. The van der Waals surface area contributed by atoms with Crippen molar-refractivity contribution in [2.45, 2.75) is 32.4 Å². The number of nitrogens with zero attached hydrogens (tertiary/aromatic N) is 3. The molecule has 0 radical (unpaired) electrons. The fraction of sp³-hybridized carbons (Fsp3) is 0.467. The Bertz CT molecular complexity index is 589. The Labute approximate surface area is 118 Å². The second-order valence-corrected chi connectivity index (χ2v) is 5.84. The highest BCUT2D eigenvalue weighted by atomic mass is 16.5. The summed E-state index contributed by atoms with van der Waals surface area (Å²) < 4.78 is 5.29. The zero-order chi connectivity index (χ0) is 14.2. The summed E-state index contributed by atoms with van der Waals surface area (Å²) in [5, 5.41) is 14.0. The zero-order valence-corrected chi connectivity index (χ0v) is 11.8. The monoisotopic (exact) mass is 273 g/mol. The topological polar surface area (TPSA) is 62.4 Å². The second-order valence-electron chi connectivity index (χ2n) is 5.84. The van der Waals surface area contributed by atoms with Gasteiger partial charge in [-0.25, -0.2) is 0 Å². The van der Waals surface area contributed by atoms with Gasteiger partial charge in [0.15, 0.2) is 0 Å². The van der Waals surface area contributed by atoms with Gasteiger partial charge in [0.1, 0.15) is 0 Å².